The molecule has 14 heavy (non-hydrogen) atoms. The van der Waals surface area contributed by atoms with E-state index in [1.54, 1.807) is 6.07 Å². The minimum absolute atomic E-state index is 0.322. The molecule has 0 fully saturated rings. The zero-order chi connectivity index (χ0) is 10.6. The summed E-state index contributed by atoms with van der Waals surface area (Å²) >= 11 is 0. The summed E-state index contributed by atoms with van der Waals surface area (Å²) in [4.78, 5) is 0. The highest BCUT2D eigenvalue weighted by Gasteiger charge is 2.01. The molecule has 1 radical (unpaired) electrons. The maximum Gasteiger partial charge on any atom is 0.127 e. The minimum Gasteiger partial charge on any atom is -0.493 e. The highest BCUT2D eigenvalue weighted by molar-refractivity contribution is 5.32. The summed E-state index contributed by atoms with van der Waals surface area (Å²) in [5.41, 5.74) is 0.615. The molecule has 2 heteroatoms. The Morgan fingerprint density at radius 1 is 1.43 bits per heavy atom. The lowest BCUT2D eigenvalue weighted by Crippen LogP contribution is -2.04. The van der Waals surface area contributed by atoms with Crippen LogP contribution in [0.15, 0.2) is 24.8 Å². The second kappa shape index (κ2) is 4.80. The average molecular weight is 193 g/mol. The molecule has 0 amide bonds. The lowest BCUT2D eigenvalue weighted by molar-refractivity contribution is 0.270. The van der Waals surface area contributed by atoms with Crippen LogP contribution in [0, 0.1) is 17.8 Å². The first-order valence-electron chi connectivity index (χ1n) is 4.58. The van der Waals surface area contributed by atoms with Crippen LogP contribution in [0.25, 0.3) is 0 Å². The van der Waals surface area contributed by atoms with E-state index >= 15 is 0 Å². The van der Waals surface area contributed by atoms with E-state index in [1.807, 2.05) is 13.8 Å². The van der Waals surface area contributed by atoms with Crippen LogP contribution in [-0.2, 0) is 0 Å². The molecule has 0 heterocycles. The Morgan fingerprint density at radius 2 is 2.14 bits per heavy atom. The lowest BCUT2D eigenvalue weighted by Gasteiger charge is -2.09. The summed E-state index contributed by atoms with van der Waals surface area (Å²) < 4.78 is 18.4. The molecule has 0 aromatic heterocycles. The molecule has 0 saturated carbocycles. The summed E-state index contributed by atoms with van der Waals surface area (Å²) in [6, 6.07) is 4.46. The predicted molar refractivity (Wildman–Crippen MR) is 54.7 cm³/mol. The van der Waals surface area contributed by atoms with E-state index in [0.29, 0.717) is 23.8 Å². The van der Waals surface area contributed by atoms with Gasteiger partial charge in [0.1, 0.15) is 11.6 Å². The van der Waals surface area contributed by atoms with Gasteiger partial charge in [0.15, 0.2) is 0 Å². The van der Waals surface area contributed by atoms with Gasteiger partial charge in [-0.3, -0.25) is 0 Å². The second-order valence-corrected chi connectivity index (χ2v) is 3.56. The molecule has 1 rings (SSSR count). The van der Waals surface area contributed by atoms with Gasteiger partial charge in [-0.25, -0.2) is 4.39 Å². The van der Waals surface area contributed by atoms with Crippen LogP contribution in [0.2, 0.25) is 0 Å². The molecule has 0 spiro atoms. The molecule has 0 aliphatic rings. The molecule has 0 aliphatic carbocycles. The van der Waals surface area contributed by atoms with Crippen molar-refractivity contribution in [1.29, 1.82) is 0 Å². The van der Waals surface area contributed by atoms with Gasteiger partial charge < -0.3 is 4.74 Å². The van der Waals surface area contributed by atoms with Crippen molar-refractivity contribution in [3.8, 4) is 5.75 Å². The van der Waals surface area contributed by atoms with Crippen molar-refractivity contribution in [2.24, 2.45) is 5.92 Å². The van der Waals surface area contributed by atoms with Gasteiger partial charge in [-0.1, -0.05) is 20.4 Å². The summed E-state index contributed by atoms with van der Waals surface area (Å²) in [5.74, 6) is 0.636. The van der Waals surface area contributed by atoms with E-state index in [1.165, 1.54) is 12.1 Å². The van der Waals surface area contributed by atoms with E-state index in [2.05, 4.69) is 12.7 Å². The largest absolute Gasteiger partial charge is 0.493 e. The van der Waals surface area contributed by atoms with Crippen LogP contribution in [0.5, 0.6) is 5.75 Å². The number of hydrogen-bond acceptors (Lipinski definition) is 1. The third-order valence-electron chi connectivity index (χ3n) is 1.66. The number of rotatable bonds is 4. The first-order valence-corrected chi connectivity index (χ1v) is 4.58. The van der Waals surface area contributed by atoms with Crippen LogP contribution in [-0.4, -0.2) is 6.61 Å². The fourth-order valence-corrected chi connectivity index (χ4v) is 1.01. The van der Waals surface area contributed by atoms with E-state index < -0.39 is 0 Å². The van der Waals surface area contributed by atoms with E-state index in [-0.39, 0.29) is 5.82 Å². The Kier molecular flexibility index (Phi) is 3.69. The Balaban J connectivity index is 2.76. The standard InChI is InChI=1S/C12H14FO/c1-4-10-5-11(13)7-12(6-10)14-8-9(2)3/h5-7,9H,1,8H2,2-3H3. The van der Waals surface area contributed by atoms with Crippen molar-refractivity contribution >= 4 is 0 Å². The molecule has 0 N–H and O–H groups in total. The van der Waals surface area contributed by atoms with Crippen LogP contribution in [0.3, 0.4) is 0 Å². The molecule has 0 saturated heterocycles. The van der Waals surface area contributed by atoms with Crippen molar-refractivity contribution in [3.63, 3.8) is 0 Å². The van der Waals surface area contributed by atoms with Gasteiger partial charge in [-0.05, 0) is 29.7 Å². The molecule has 0 aliphatic heterocycles. The molecular formula is C12H14FO. The minimum atomic E-state index is -0.322. The summed E-state index contributed by atoms with van der Waals surface area (Å²) in [5, 5.41) is 0. The molecule has 0 unspecified atom stereocenters. The Hall–Kier alpha value is -1.31. The first-order chi connectivity index (χ1) is 6.61. The first kappa shape index (κ1) is 10.8. The molecule has 1 nitrogen and oxygen atoms in total. The summed E-state index contributed by atoms with van der Waals surface area (Å²) in [6.07, 6.45) is 2.63. The van der Waals surface area contributed by atoms with Crippen LogP contribution < -0.4 is 4.74 Å². The monoisotopic (exact) mass is 193 g/mol. The fourth-order valence-electron chi connectivity index (χ4n) is 1.01. The van der Waals surface area contributed by atoms with E-state index in [4.69, 9.17) is 4.74 Å². The highest BCUT2D eigenvalue weighted by atomic mass is 19.1. The maximum atomic E-state index is 13.0. The highest BCUT2D eigenvalue weighted by Crippen LogP contribution is 2.17. The Bertz CT molecular complexity index is 318. The van der Waals surface area contributed by atoms with Crippen molar-refractivity contribution < 1.29 is 9.13 Å². The molecular weight excluding hydrogens is 179 g/mol. The van der Waals surface area contributed by atoms with Gasteiger partial charge in [0.2, 0.25) is 0 Å². The fraction of sp³-hybridized carbons (Fsp3) is 0.333. The predicted octanol–water partition coefficient (Wildman–Crippen LogP) is 3.20. The van der Waals surface area contributed by atoms with Gasteiger partial charge in [0.25, 0.3) is 0 Å². The number of halogens is 1. The molecule has 0 bridgehead atoms. The number of ether oxygens (including phenoxy) is 1. The molecule has 75 valence electrons. The van der Waals surface area contributed by atoms with Crippen molar-refractivity contribution in [2.45, 2.75) is 13.8 Å². The zero-order valence-corrected chi connectivity index (χ0v) is 8.51. The van der Waals surface area contributed by atoms with E-state index in [9.17, 15) is 4.39 Å². The second-order valence-electron chi connectivity index (χ2n) is 3.56. The lowest BCUT2D eigenvalue weighted by atomic mass is 10.2. The van der Waals surface area contributed by atoms with Crippen molar-refractivity contribution in [1.82, 2.24) is 0 Å². The zero-order valence-electron chi connectivity index (χ0n) is 8.51. The van der Waals surface area contributed by atoms with Gasteiger partial charge in [-0.15, -0.1) is 0 Å². The Morgan fingerprint density at radius 3 is 2.71 bits per heavy atom. The van der Waals surface area contributed by atoms with Gasteiger partial charge in [0.05, 0.1) is 6.61 Å². The average Bonchev–Trinajstić information content (AvgIpc) is 2.14. The molecule has 0 atom stereocenters. The van der Waals surface area contributed by atoms with Crippen LogP contribution in [0.1, 0.15) is 19.4 Å². The van der Waals surface area contributed by atoms with E-state index in [0.717, 1.165) is 0 Å². The normalized spacial score (nSPS) is 10.3. The summed E-state index contributed by atoms with van der Waals surface area (Å²) in [6.45, 7) is 8.13. The number of hydrogen-bond donors (Lipinski definition) is 0. The summed E-state index contributed by atoms with van der Waals surface area (Å²) in [7, 11) is 0. The van der Waals surface area contributed by atoms with Crippen LogP contribution >= 0.6 is 0 Å². The van der Waals surface area contributed by atoms with Gasteiger partial charge >= 0.3 is 0 Å². The quantitative estimate of drug-likeness (QED) is 0.713. The maximum absolute atomic E-state index is 13.0. The van der Waals surface area contributed by atoms with Crippen molar-refractivity contribution in [3.05, 3.63) is 42.2 Å². The molecule has 1 aromatic rings. The van der Waals surface area contributed by atoms with Gasteiger partial charge in [-0.2, -0.15) is 0 Å². The van der Waals surface area contributed by atoms with Crippen LogP contribution in [0.4, 0.5) is 4.39 Å². The molecule has 1 aromatic carbocycles. The third-order valence-corrected chi connectivity index (χ3v) is 1.66. The third kappa shape index (κ3) is 3.21. The smallest absolute Gasteiger partial charge is 0.127 e. The SMILES string of the molecule is C=[C]c1cc(F)cc(OCC(C)C)c1. The Labute approximate surface area is 84.2 Å². The van der Waals surface area contributed by atoms with Gasteiger partial charge in [0, 0.05) is 6.07 Å². The number of benzene rings is 1. The van der Waals surface area contributed by atoms with Crippen molar-refractivity contribution in [2.75, 3.05) is 6.61 Å². The topological polar surface area (TPSA) is 9.23 Å².